The maximum atomic E-state index is 13.5. The van der Waals surface area contributed by atoms with Crippen molar-refractivity contribution in [3.8, 4) is 0 Å². The van der Waals surface area contributed by atoms with Gasteiger partial charge in [0.15, 0.2) is 0 Å². The number of ether oxygens (including phenoxy) is 2. The fourth-order valence-electron chi connectivity index (χ4n) is 6.30. The van der Waals surface area contributed by atoms with E-state index in [9.17, 15) is 26.4 Å². The third-order valence-electron chi connectivity index (χ3n) is 9.01. The molecule has 2 aliphatic heterocycles. The van der Waals surface area contributed by atoms with Crippen LogP contribution in [0.1, 0.15) is 55.2 Å². The van der Waals surface area contributed by atoms with Crippen LogP contribution < -0.4 is 0 Å². The molecule has 2 aromatic rings. The smallest absolute Gasteiger partial charge is 0.370 e. The Kier molecular flexibility index (Phi) is 10.8. The molecule has 2 heterocycles. The normalized spacial score (nSPS) is 19.4. The van der Waals surface area contributed by atoms with Crippen molar-refractivity contribution >= 4 is 27.5 Å². The van der Waals surface area contributed by atoms with E-state index in [0.29, 0.717) is 43.7 Å². The van der Waals surface area contributed by atoms with E-state index in [1.165, 1.54) is 16.4 Å². The highest BCUT2D eigenvalue weighted by Crippen LogP contribution is 2.39. The fraction of sp³-hybridized carbons (Fsp3) is 0.594. The second kappa shape index (κ2) is 14.3. The molecule has 0 N–H and O–H groups in total. The standard InChI is InChI=1S/C32H41ClF3N3O5S/c1-24-5-4-6-28(33)30(24)45(41,42)39(27-11-12-27)20-21-43-23-29(40)38-17-13-31(14-18-38,44-22-19-37-15-2-3-16-37)25-7-9-26(10-8-25)32(34,35)36/h4-10,27H,2-3,11-23H2,1H3. The number of nitrogens with zero attached hydrogens (tertiary/aromatic N) is 3. The SMILES string of the molecule is Cc1cccc(Cl)c1S(=O)(=O)N(CCOCC(=O)N1CCC(OCCN2CCCC2)(c2ccc(C(F)(F)F)cc2)CC1)C1CC1. The van der Waals surface area contributed by atoms with Gasteiger partial charge in [-0.1, -0.05) is 35.9 Å². The number of likely N-dealkylation sites (tertiary alicyclic amines) is 2. The van der Waals surface area contributed by atoms with Gasteiger partial charge in [0, 0.05) is 32.2 Å². The summed E-state index contributed by atoms with van der Waals surface area (Å²) < 4.78 is 80.2. The number of amides is 1. The average molecular weight is 672 g/mol. The molecule has 2 aromatic carbocycles. The van der Waals surface area contributed by atoms with Gasteiger partial charge in [-0.25, -0.2) is 8.42 Å². The molecule has 45 heavy (non-hydrogen) atoms. The summed E-state index contributed by atoms with van der Waals surface area (Å²) in [4.78, 5) is 17.2. The van der Waals surface area contributed by atoms with Gasteiger partial charge in [0.25, 0.3) is 0 Å². The van der Waals surface area contributed by atoms with Crippen LogP contribution in [0.2, 0.25) is 5.02 Å². The predicted octanol–water partition coefficient (Wildman–Crippen LogP) is 5.47. The van der Waals surface area contributed by atoms with Crippen molar-refractivity contribution in [3.63, 3.8) is 0 Å². The lowest BCUT2D eigenvalue weighted by Gasteiger charge is -2.42. The summed E-state index contributed by atoms with van der Waals surface area (Å²) in [5.41, 5.74) is -0.257. The Balaban J connectivity index is 1.16. The van der Waals surface area contributed by atoms with Gasteiger partial charge >= 0.3 is 6.18 Å². The molecular weight excluding hydrogens is 631 g/mol. The van der Waals surface area contributed by atoms with E-state index in [2.05, 4.69) is 4.90 Å². The topological polar surface area (TPSA) is 79.4 Å². The van der Waals surface area contributed by atoms with Crippen LogP contribution in [-0.4, -0.2) is 93.6 Å². The van der Waals surface area contributed by atoms with Crippen molar-refractivity contribution in [3.05, 3.63) is 64.2 Å². The van der Waals surface area contributed by atoms with Crippen molar-refractivity contribution in [1.82, 2.24) is 14.1 Å². The molecule has 0 radical (unpaired) electrons. The molecule has 1 saturated carbocycles. The number of hydrogen-bond donors (Lipinski definition) is 0. The largest absolute Gasteiger partial charge is 0.416 e. The number of piperidine rings is 1. The number of aryl methyl sites for hydroxylation is 1. The van der Waals surface area contributed by atoms with Crippen molar-refractivity contribution in [1.29, 1.82) is 0 Å². The first-order chi connectivity index (χ1) is 21.4. The Morgan fingerprint density at radius 3 is 2.29 bits per heavy atom. The molecule has 2 saturated heterocycles. The van der Waals surface area contributed by atoms with Gasteiger partial charge in [-0.15, -0.1) is 0 Å². The molecule has 5 rings (SSSR count). The van der Waals surface area contributed by atoms with Gasteiger partial charge in [0.1, 0.15) is 11.5 Å². The van der Waals surface area contributed by atoms with Gasteiger partial charge in [-0.2, -0.15) is 17.5 Å². The van der Waals surface area contributed by atoms with Crippen LogP contribution in [0, 0.1) is 6.92 Å². The highest BCUT2D eigenvalue weighted by molar-refractivity contribution is 7.89. The Morgan fingerprint density at radius 2 is 1.69 bits per heavy atom. The summed E-state index contributed by atoms with van der Waals surface area (Å²) in [5, 5.41) is 0.175. The van der Waals surface area contributed by atoms with Crippen molar-refractivity contribution in [2.45, 2.75) is 68.2 Å². The fourth-order valence-corrected chi connectivity index (χ4v) is 8.76. The first-order valence-electron chi connectivity index (χ1n) is 15.6. The van der Waals surface area contributed by atoms with E-state index < -0.39 is 27.4 Å². The third kappa shape index (κ3) is 8.20. The second-order valence-corrected chi connectivity index (χ2v) is 14.4. The monoisotopic (exact) mass is 671 g/mol. The van der Waals surface area contributed by atoms with Gasteiger partial charge in [0.05, 0.1) is 29.4 Å². The zero-order chi connectivity index (χ0) is 32.2. The van der Waals surface area contributed by atoms with Crippen LogP contribution in [0.25, 0.3) is 0 Å². The number of sulfonamides is 1. The summed E-state index contributed by atoms with van der Waals surface area (Å²) in [6, 6.07) is 10.0. The number of hydrogen-bond acceptors (Lipinski definition) is 6. The summed E-state index contributed by atoms with van der Waals surface area (Å²) in [6.45, 7) is 5.62. The van der Waals surface area contributed by atoms with E-state index in [-0.39, 0.29) is 41.6 Å². The number of rotatable bonds is 13. The van der Waals surface area contributed by atoms with Crippen LogP contribution in [0.3, 0.4) is 0 Å². The molecule has 3 fully saturated rings. The molecular formula is C32H41ClF3N3O5S. The summed E-state index contributed by atoms with van der Waals surface area (Å²) in [5.74, 6) is -0.226. The number of halogens is 4. The molecule has 248 valence electrons. The van der Waals surface area contributed by atoms with Crippen LogP contribution in [-0.2, 0) is 36.1 Å². The first kappa shape index (κ1) is 34.1. The Hall–Kier alpha value is -2.22. The van der Waals surface area contributed by atoms with E-state index in [4.69, 9.17) is 21.1 Å². The molecule has 1 aliphatic carbocycles. The van der Waals surface area contributed by atoms with E-state index in [1.54, 1.807) is 30.0 Å². The minimum Gasteiger partial charge on any atom is -0.370 e. The highest BCUT2D eigenvalue weighted by atomic mass is 35.5. The van der Waals surface area contributed by atoms with Crippen molar-refractivity contribution < 1.29 is 35.9 Å². The third-order valence-corrected chi connectivity index (χ3v) is 11.6. The highest BCUT2D eigenvalue weighted by Gasteiger charge is 2.41. The second-order valence-electron chi connectivity index (χ2n) is 12.1. The predicted molar refractivity (Wildman–Crippen MR) is 164 cm³/mol. The lowest BCUT2D eigenvalue weighted by atomic mass is 9.83. The van der Waals surface area contributed by atoms with Crippen LogP contribution in [0.4, 0.5) is 13.2 Å². The molecule has 13 heteroatoms. The minimum absolute atomic E-state index is 0.0495. The lowest BCUT2D eigenvalue weighted by Crippen LogP contribution is -2.48. The molecule has 0 spiro atoms. The summed E-state index contributed by atoms with van der Waals surface area (Å²) >= 11 is 6.27. The van der Waals surface area contributed by atoms with Gasteiger partial charge in [0.2, 0.25) is 15.9 Å². The molecule has 1 amide bonds. The van der Waals surface area contributed by atoms with Gasteiger partial charge in [-0.05, 0) is 87.9 Å². The number of carbonyl (C=O) groups is 1. The van der Waals surface area contributed by atoms with E-state index >= 15 is 0 Å². The van der Waals surface area contributed by atoms with Crippen LogP contribution in [0.15, 0.2) is 47.4 Å². The zero-order valence-corrected chi connectivity index (χ0v) is 27.1. The first-order valence-corrected chi connectivity index (χ1v) is 17.4. The molecule has 0 unspecified atom stereocenters. The van der Waals surface area contributed by atoms with Crippen molar-refractivity contribution in [2.75, 3.05) is 59.1 Å². The number of carbonyl (C=O) groups excluding carboxylic acids is 1. The van der Waals surface area contributed by atoms with E-state index in [0.717, 1.165) is 57.5 Å². The number of benzene rings is 2. The molecule has 0 bridgehead atoms. The Labute approximate surface area is 268 Å². The van der Waals surface area contributed by atoms with Gasteiger partial charge in [-0.3, -0.25) is 4.79 Å². The Bertz CT molecular complexity index is 1400. The maximum absolute atomic E-state index is 13.5. The van der Waals surface area contributed by atoms with Gasteiger partial charge < -0.3 is 19.3 Å². The lowest BCUT2D eigenvalue weighted by molar-refractivity contribution is -0.144. The van der Waals surface area contributed by atoms with Crippen molar-refractivity contribution in [2.24, 2.45) is 0 Å². The average Bonchev–Trinajstić information content (AvgIpc) is 3.70. The minimum atomic E-state index is -4.43. The van der Waals surface area contributed by atoms with Crippen LogP contribution in [0.5, 0.6) is 0 Å². The molecule has 8 nitrogen and oxygen atoms in total. The summed E-state index contributed by atoms with van der Waals surface area (Å²) in [7, 11) is -3.84. The molecule has 3 aliphatic rings. The Morgan fingerprint density at radius 1 is 1.02 bits per heavy atom. The summed E-state index contributed by atoms with van der Waals surface area (Å²) in [6.07, 6.45) is 0.277. The quantitative estimate of drug-likeness (QED) is 0.263. The molecule has 0 aromatic heterocycles. The van der Waals surface area contributed by atoms with E-state index in [1.807, 2.05) is 0 Å². The number of alkyl halides is 3. The van der Waals surface area contributed by atoms with Crippen LogP contribution >= 0.6 is 11.6 Å². The maximum Gasteiger partial charge on any atom is 0.416 e. The molecule has 0 atom stereocenters. The zero-order valence-electron chi connectivity index (χ0n) is 25.5.